The maximum atomic E-state index is 11.6. The van der Waals surface area contributed by atoms with Crippen molar-refractivity contribution in [2.45, 2.75) is 0 Å². The molecule has 4 rings (SSSR count). The highest BCUT2D eigenvalue weighted by atomic mass is 16.2. The Bertz CT molecular complexity index is 793. The molecule has 0 saturated heterocycles. The number of nitrogens with one attached hydrogen (secondary N) is 2. The Kier molecular flexibility index (Phi) is 1.84. The Hall–Kier alpha value is -2.69. The Morgan fingerprint density at radius 3 is 2.37 bits per heavy atom. The van der Waals surface area contributed by atoms with E-state index in [1.54, 1.807) is 18.3 Å². The molecule has 0 saturated carbocycles. The molecule has 0 spiro atoms. The number of anilines is 1. The van der Waals surface area contributed by atoms with E-state index in [0.29, 0.717) is 17.7 Å². The summed E-state index contributed by atoms with van der Waals surface area (Å²) < 4.78 is 0. The normalized spacial score (nSPS) is 16.0. The number of imide groups is 1. The molecule has 5 heteroatoms. The van der Waals surface area contributed by atoms with Gasteiger partial charge < -0.3 is 5.32 Å². The Morgan fingerprint density at radius 1 is 0.947 bits per heavy atom. The van der Waals surface area contributed by atoms with E-state index in [1.165, 1.54) is 0 Å². The molecule has 0 atom stereocenters. The topological polar surface area (TPSA) is 70.6 Å². The standard InChI is InChI=1S/C14H9N3O2/c18-13-9-3-7-5-11-12(16-2-1-15-11)6-8(7)4-10(9)14(19)17-13/h1,3-6,16H,2H2,(H,17,18,19). The first-order valence-electron chi connectivity index (χ1n) is 5.96. The molecule has 0 radical (unpaired) electrons. The third kappa shape index (κ3) is 1.38. The maximum absolute atomic E-state index is 11.6. The first kappa shape index (κ1) is 10.3. The van der Waals surface area contributed by atoms with Crippen LogP contribution in [0.25, 0.3) is 10.8 Å². The van der Waals surface area contributed by atoms with Crippen LogP contribution in [-0.4, -0.2) is 24.6 Å². The van der Waals surface area contributed by atoms with Crippen molar-refractivity contribution < 1.29 is 9.59 Å². The zero-order chi connectivity index (χ0) is 13.0. The Labute approximate surface area is 108 Å². The predicted molar refractivity (Wildman–Crippen MR) is 72.4 cm³/mol. The Balaban J connectivity index is 2.04. The summed E-state index contributed by atoms with van der Waals surface area (Å²) in [6, 6.07) is 7.38. The summed E-state index contributed by atoms with van der Waals surface area (Å²) >= 11 is 0. The lowest BCUT2D eigenvalue weighted by Gasteiger charge is -2.13. The van der Waals surface area contributed by atoms with Crippen molar-refractivity contribution in [1.29, 1.82) is 0 Å². The minimum absolute atomic E-state index is 0.328. The average molecular weight is 251 g/mol. The Morgan fingerprint density at radius 2 is 1.63 bits per heavy atom. The van der Waals surface area contributed by atoms with Crippen LogP contribution in [-0.2, 0) is 0 Å². The number of nitrogens with zero attached hydrogens (tertiary/aromatic N) is 1. The van der Waals surface area contributed by atoms with Gasteiger partial charge in [0.05, 0.1) is 29.0 Å². The average Bonchev–Trinajstić information content (AvgIpc) is 2.69. The van der Waals surface area contributed by atoms with Gasteiger partial charge in [-0.25, -0.2) is 0 Å². The van der Waals surface area contributed by atoms with Gasteiger partial charge in [0.25, 0.3) is 11.8 Å². The molecule has 2 heterocycles. The van der Waals surface area contributed by atoms with E-state index in [9.17, 15) is 9.59 Å². The van der Waals surface area contributed by atoms with Crippen LogP contribution in [0.15, 0.2) is 29.3 Å². The summed E-state index contributed by atoms with van der Waals surface area (Å²) in [6.07, 6.45) is 1.80. The van der Waals surface area contributed by atoms with Crippen LogP contribution in [0.5, 0.6) is 0 Å². The number of aliphatic imine (C=N–C) groups is 1. The molecular weight excluding hydrogens is 242 g/mol. The van der Waals surface area contributed by atoms with Crippen molar-refractivity contribution in [3.05, 3.63) is 35.4 Å². The largest absolute Gasteiger partial charge is 0.378 e. The number of carbonyl (C=O) groups is 2. The summed E-state index contributed by atoms with van der Waals surface area (Å²) in [5.74, 6) is -0.660. The van der Waals surface area contributed by atoms with Gasteiger partial charge in [-0.2, -0.15) is 0 Å². The SMILES string of the molecule is O=C1NC(=O)c2cc3cc4c(cc3cc21)N=CCN4. The lowest BCUT2D eigenvalue weighted by Crippen LogP contribution is -2.19. The molecule has 2 aliphatic rings. The molecular formula is C14H9N3O2. The van der Waals surface area contributed by atoms with E-state index in [-0.39, 0.29) is 11.8 Å². The van der Waals surface area contributed by atoms with E-state index in [4.69, 9.17) is 0 Å². The molecule has 2 amide bonds. The lowest BCUT2D eigenvalue weighted by atomic mass is 10.0. The molecule has 2 aliphatic heterocycles. The number of amides is 2. The quantitative estimate of drug-likeness (QED) is 0.702. The van der Waals surface area contributed by atoms with Crippen molar-refractivity contribution in [3.63, 3.8) is 0 Å². The molecule has 2 aromatic carbocycles. The van der Waals surface area contributed by atoms with Crippen LogP contribution in [0.2, 0.25) is 0 Å². The summed E-state index contributed by atoms with van der Waals surface area (Å²) in [5.41, 5.74) is 2.67. The van der Waals surface area contributed by atoms with Gasteiger partial charge in [0.15, 0.2) is 0 Å². The van der Waals surface area contributed by atoms with Gasteiger partial charge >= 0.3 is 0 Å². The maximum Gasteiger partial charge on any atom is 0.258 e. The summed E-state index contributed by atoms with van der Waals surface area (Å²) in [6.45, 7) is 0.697. The molecule has 5 nitrogen and oxygen atoms in total. The van der Waals surface area contributed by atoms with Crippen molar-refractivity contribution in [2.24, 2.45) is 4.99 Å². The first-order chi connectivity index (χ1) is 9.22. The van der Waals surface area contributed by atoms with E-state index in [2.05, 4.69) is 15.6 Å². The molecule has 0 bridgehead atoms. The smallest absolute Gasteiger partial charge is 0.258 e. The second kappa shape index (κ2) is 3.41. The van der Waals surface area contributed by atoms with Crippen LogP contribution < -0.4 is 10.6 Å². The molecule has 0 aliphatic carbocycles. The second-order valence-electron chi connectivity index (χ2n) is 4.59. The first-order valence-corrected chi connectivity index (χ1v) is 5.96. The fourth-order valence-corrected chi connectivity index (χ4v) is 2.50. The second-order valence-corrected chi connectivity index (χ2v) is 4.59. The number of carbonyl (C=O) groups excluding carboxylic acids is 2. The van der Waals surface area contributed by atoms with Crippen LogP contribution in [0.4, 0.5) is 11.4 Å². The number of hydrogen-bond donors (Lipinski definition) is 2. The van der Waals surface area contributed by atoms with Gasteiger partial charge in [-0.1, -0.05) is 0 Å². The van der Waals surface area contributed by atoms with Gasteiger partial charge in [0, 0.05) is 6.21 Å². The highest BCUT2D eigenvalue weighted by Crippen LogP contribution is 2.34. The van der Waals surface area contributed by atoms with E-state index < -0.39 is 0 Å². The van der Waals surface area contributed by atoms with Gasteiger partial charge in [-0.15, -0.1) is 0 Å². The summed E-state index contributed by atoms with van der Waals surface area (Å²) in [7, 11) is 0. The summed E-state index contributed by atoms with van der Waals surface area (Å²) in [5, 5.41) is 7.36. The van der Waals surface area contributed by atoms with Crippen LogP contribution in [0.3, 0.4) is 0 Å². The van der Waals surface area contributed by atoms with Gasteiger partial charge in [-0.3, -0.25) is 19.9 Å². The third-order valence-electron chi connectivity index (χ3n) is 3.42. The van der Waals surface area contributed by atoms with Crippen molar-refractivity contribution in [1.82, 2.24) is 5.32 Å². The van der Waals surface area contributed by atoms with Gasteiger partial charge in [0.2, 0.25) is 0 Å². The molecule has 0 unspecified atom stereocenters. The minimum Gasteiger partial charge on any atom is -0.378 e. The van der Waals surface area contributed by atoms with Crippen LogP contribution in [0, 0.1) is 0 Å². The fraction of sp³-hybridized carbons (Fsp3) is 0.0714. The van der Waals surface area contributed by atoms with Crippen molar-refractivity contribution in [2.75, 3.05) is 11.9 Å². The number of benzene rings is 2. The van der Waals surface area contributed by atoms with E-state index >= 15 is 0 Å². The minimum atomic E-state index is -0.332. The van der Waals surface area contributed by atoms with Gasteiger partial charge in [0.1, 0.15) is 0 Å². The predicted octanol–water partition coefficient (Wildman–Crippen LogP) is 1.85. The van der Waals surface area contributed by atoms with Crippen molar-refractivity contribution >= 4 is 40.2 Å². The zero-order valence-electron chi connectivity index (χ0n) is 9.86. The molecule has 2 N–H and O–H groups in total. The van der Waals surface area contributed by atoms with E-state index in [0.717, 1.165) is 22.1 Å². The van der Waals surface area contributed by atoms with Gasteiger partial charge in [-0.05, 0) is 35.0 Å². The number of hydrogen-bond acceptors (Lipinski definition) is 4. The van der Waals surface area contributed by atoms with Crippen LogP contribution in [0.1, 0.15) is 20.7 Å². The molecule has 2 aromatic rings. The van der Waals surface area contributed by atoms with Crippen molar-refractivity contribution in [3.8, 4) is 0 Å². The number of fused-ring (bicyclic) bond motifs is 3. The zero-order valence-corrected chi connectivity index (χ0v) is 9.86. The fourth-order valence-electron chi connectivity index (χ4n) is 2.50. The molecule has 0 aromatic heterocycles. The third-order valence-corrected chi connectivity index (χ3v) is 3.42. The number of rotatable bonds is 0. The molecule has 0 fully saturated rings. The molecule has 92 valence electrons. The summed E-state index contributed by atoms with van der Waals surface area (Å²) in [4.78, 5) is 27.6. The lowest BCUT2D eigenvalue weighted by molar-refractivity contribution is 0.0879. The highest BCUT2D eigenvalue weighted by Gasteiger charge is 2.27. The molecule has 19 heavy (non-hydrogen) atoms. The van der Waals surface area contributed by atoms with Crippen LogP contribution >= 0.6 is 0 Å². The monoisotopic (exact) mass is 251 g/mol. The highest BCUT2D eigenvalue weighted by molar-refractivity contribution is 6.23. The van der Waals surface area contributed by atoms with E-state index in [1.807, 2.05) is 12.1 Å².